The van der Waals surface area contributed by atoms with Crippen molar-refractivity contribution in [1.82, 2.24) is 15.5 Å². The van der Waals surface area contributed by atoms with E-state index in [1.54, 1.807) is 0 Å². The summed E-state index contributed by atoms with van der Waals surface area (Å²) >= 11 is 0. The van der Waals surface area contributed by atoms with Crippen molar-refractivity contribution in [2.75, 3.05) is 39.5 Å². The minimum Gasteiger partial charge on any atom is -0.394 e. The van der Waals surface area contributed by atoms with E-state index in [0.29, 0.717) is 12.5 Å². The fourth-order valence-corrected chi connectivity index (χ4v) is 4.08. The van der Waals surface area contributed by atoms with Gasteiger partial charge in [0.25, 0.3) is 0 Å². The summed E-state index contributed by atoms with van der Waals surface area (Å²) < 4.78 is 5.50. The molecule has 2 aliphatic rings. The molecule has 1 saturated heterocycles. The molecule has 1 unspecified atom stereocenters. The van der Waals surface area contributed by atoms with Crippen molar-refractivity contribution in [3.8, 4) is 0 Å². The molecule has 140 valence electrons. The zero-order chi connectivity index (χ0) is 17.4. The number of urea groups is 1. The van der Waals surface area contributed by atoms with E-state index in [4.69, 9.17) is 4.74 Å². The molecule has 1 saturated carbocycles. The third-order valence-electron chi connectivity index (χ3n) is 5.36. The van der Waals surface area contributed by atoms with Crippen LogP contribution in [0.2, 0.25) is 0 Å². The summed E-state index contributed by atoms with van der Waals surface area (Å²) in [7, 11) is 0. The van der Waals surface area contributed by atoms with Gasteiger partial charge in [-0.15, -0.1) is 0 Å². The first kappa shape index (κ1) is 19.5. The summed E-state index contributed by atoms with van der Waals surface area (Å²) in [5.41, 5.74) is 0.0755. The largest absolute Gasteiger partial charge is 0.394 e. The Balaban J connectivity index is 1.88. The Labute approximate surface area is 146 Å². The zero-order valence-electron chi connectivity index (χ0n) is 15.4. The quantitative estimate of drug-likeness (QED) is 0.659. The monoisotopic (exact) mass is 341 g/mol. The standard InChI is InChI=1S/C18H35N3O3/c1-15(2)12-16(13-22)20-17(23)19-14-18(6-4-3-5-7-18)21-8-10-24-11-9-21/h15-16,22H,3-14H2,1-2H3,(H2,19,20,23). The van der Waals surface area contributed by atoms with Gasteiger partial charge < -0.3 is 20.5 Å². The lowest BCUT2D eigenvalue weighted by atomic mass is 9.80. The van der Waals surface area contributed by atoms with E-state index < -0.39 is 0 Å². The third-order valence-corrected chi connectivity index (χ3v) is 5.36. The summed E-state index contributed by atoms with van der Waals surface area (Å²) in [5, 5.41) is 15.4. The molecule has 0 aromatic rings. The highest BCUT2D eigenvalue weighted by Crippen LogP contribution is 2.33. The van der Waals surface area contributed by atoms with Crippen LogP contribution in [0.4, 0.5) is 4.79 Å². The lowest BCUT2D eigenvalue weighted by molar-refractivity contribution is -0.0357. The minimum absolute atomic E-state index is 0.0137. The molecule has 1 aliphatic carbocycles. The SMILES string of the molecule is CC(C)CC(CO)NC(=O)NCC1(N2CCOCC2)CCCCC1. The fraction of sp³-hybridized carbons (Fsp3) is 0.944. The highest BCUT2D eigenvalue weighted by molar-refractivity contribution is 5.74. The molecule has 1 aliphatic heterocycles. The number of ether oxygens (including phenoxy) is 1. The van der Waals surface area contributed by atoms with E-state index in [-0.39, 0.29) is 24.2 Å². The number of carbonyl (C=O) groups excluding carboxylic acids is 1. The Morgan fingerprint density at radius 2 is 1.88 bits per heavy atom. The average Bonchev–Trinajstić information content (AvgIpc) is 2.60. The van der Waals surface area contributed by atoms with Crippen LogP contribution in [0.5, 0.6) is 0 Å². The average molecular weight is 341 g/mol. The van der Waals surface area contributed by atoms with Crippen LogP contribution in [0.25, 0.3) is 0 Å². The lowest BCUT2D eigenvalue weighted by Gasteiger charge is -2.48. The molecule has 6 nitrogen and oxygen atoms in total. The van der Waals surface area contributed by atoms with Gasteiger partial charge in [0.15, 0.2) is 0 Å². The molecule has 2 amide bonds. The topological polar surface area (TPSA) is 73.8 Å². The number of morpholine rings is 1. The number of nitrogens with one attached hydrogen (secondary N) is 2. The van der Waals surface area contributed by atoms with Gasteiger partial charge in [0.1, 0.15) is 0 Å². The van der Waals surface area contributed by atoms with E-state index in [1.807, 2.05) is 0 Å². The number of hydrogen-bond acceptors (Lipinski definition) is 4. The molecule has 0 aromatic carbocycles. The second-order valence-corrected chi connectivity index (χ2v) is 7.72. The van der Waals surface area contributed by atoms with Crippen LogP contribution in [-0.2, 0) is 4.74 Å². The van der Waals surface area contributed by atoms with E-state index in [0.717, 1.165) is 45.6 Å². The summed E-state index contributed by atoms with van der Waals surface area (Å²) in [4.78, 5) is 14.8. The highest BCUT2D eigenvalue weighted by atomic mass is 16.5. The van der Waals surface area contributed by atoms with Gasteiger partial charge in [-0.3, -0.25) is 4.90 Å². The van der Waals surface area contributed by atoms with Gasteiger partial charge in [-0.1, -0.05) is 33.1 Å². The van der Waals surface area contributed by atoms with Crippen molar-refractivity contribution in [3.05, 3.63) is 0 Å². The summed E-state index contributed by atoms with van der Waals surface area (Å²) in [6, 6.07) is -0.330. The molecule has 1 heterocycles. The normalized spacial score (nSPS) is 23.0. The maximum atomic E-state index is 12.3. The van der Waals surface area contributed by atoms with Gasteiger partial charge in [0.05, 0.1) is 25.9 Å². The summed E-state index contributed by atoms with van der Waals surface area (Å²) in [6.45, 7) is 8.34. The van der Waals surface area contributed by atoms with Crippen molar-refractivity contribution in [2.24, 2.45) is 5.92 Å². The maximum absolute atomic E-state index is 12.3. The molecule has 0 spiro atoms. The molecule has 6 heteroatoms. The first-order valence-electron chi connectivity index (χ1n) is 9.54. The molecule has 0 radical (unpaired) electrons. The minimum atomic E-state index is -0.171. The van der Waals surface area contributed by atoms with Crippen molar-refractivity contribution < 1.29 is 14.6 Å². The van der Waals surface area contributed by atoms with E-state index in [2.05, 4.69) is 29.4 Å². The first-order chi connectivity index (χ1) is 11.6. The number of aliphatic hydroxyl groups is 1. The van der Waals surface area contributed by atoms with Gasteiger partial charge in [-0.2, -0.15) is 0 Å². The number of rotatable bonds is 7. The van der Waals surface area contributed by atoms with Gasteiger partial charge in [-0.05, 0) is 25.2 Å². The summed E-state index contributed by atoms with van der Waals surface area (Å²) in [5.74, 6) is 0.445. The molecular weight excluding hydrogens is 306 g/mol. The van der Waals surface area contributed by atoms with Crippen molar-refractivity contribution in [3.63, 3.8) is 0 Å². The predicted octanol–water partition coefficient (Wildman–Crippen LogP) is 1.73. The van der Waals surface area contributed by atoms with Gasteiger partial charge in [0.2, 0.25) is 0 Å². The maximum Gasteiger partial charge on any atom is 0.315 e. The van der Waals surface area contributed by atoms with Crippen molar-refractivity contribution >= 4 is 6.03 Å². The molecule has 2 fully saturated rings. The van der Waals surface area contributed by atoms with Gasteiger partial charge in [-0.25, -0.2) is 4.79 Å². The Morgan fingerprint density at radius 3 is 2.46 bits per heavy atom. The lowest BCUT2D eigenvalue weighted by Crippen LogP contribution is -2.60. The highest BCUT2D eigenvalue weighted by Gasteiger charge is 2.38. The Bertz CT molecular complexity index is 378. The molecule has 2 rings (SSSR count). The fourth-order valence-electron chi connectivity index (χ4n) is 4.08. The van der Waals surface area contributed by atoms with Crippen LogP contribution in [-0.4, -0.2) is 67.1 Å². The van der Waals surface area contributed by atoms with Crippen LogP contribution in [0.1, 0.15) is 52.4 Å². The smallest absolute Gasteiger partial charge is 0.315 e. The molecule has 24 heavy (non-hydrogen) atoms. The van der Waals surface area contributed by atoms with Crippen LogP contribution in [0, 0.1) is 5.92 Å². The number of aliphatic hydroxyl groups excluding tert-OH is 1. The number of amides is 2. The number of hydrogen-bond donors (Lipinski definition) is 3. The van der Waals surface area contributed by atoms with Crippen LogP contribution < -0.4 is 10.6 Å². The van der Waals surface area contributed by atoms with E-state index >= 15 is 0 Å². The molecule has 0 aromatic heterocycles. The molecular formula is C18H35N3O3. The molecule has 0 bridgehead atoms. The van der Waals surface area contributed by atoms with Crippen molar-refractivity contribution in [2.45, 2.75) is 64.0 Å². The number of nitrogens with zero attached hydrogens (tertiary/aromatic N) is 1. The van der Waals surface area contributed by atoms with Crippen molar-refractivity contribution in [1.29, 1.82) is 0 Å². The van der Waals surface area contributed by atoms with E-state index in [1.165, 1.54) is 19.3 Å². The van der Waals surface area contributed by atoms with Gasteiger partial charge in [0, 0.05) is 25.2 Å². The zero-order valence-corrected chi connectivity index (χ0v) is 15.4. The Kier molecular flexibility index (Phi) is 7.78. The van der Waals surface area contributed by atoms with Crippen LogP contribution in [0.3, 0.4) is 0 Å². The van der Waals surface area contributed by atoms with Crippen LogP contribution >= 0.6 is 0 Å². The third kappa shape index (κ3) is 5.60. The Morgan fingerprint density at radius 1 is 1.21 bits per heavy atom. The number of carbonyl (C=O) groups is 1. The first-order valence-corrected chi connectivity index (χ1v) is 9.54. The second-order valence-electron chi connectivity index (χ2n) is 7.72. The summed E-state index contributed by atoms with van der Waals surface area (Å²) in [6.07, 6.45) is 6.82. The Hall–Kier alpha value is -0.850. The molecule has 3 N–H and O–H groups in total. The van der Waals surface area contributed by atoms with Crippen LogP contribution in [0.15, 0.2) is 0 Å². The van der Waals surface area contributed by atoms with E-state index in [9.17, 15) is 9.90 Å². The predicted molar refractivity (Wildman–Crippen MR) is 95.1 cm³/mol. The molecule has 1 atom stereocenters. The van der Waals surface area contributed by atoms with Gasteiger partial charge >= 0.3 is 6.03 Å². The second kappa shape index (κ2) is 9.59.